The maximum atomic E-state index is 13.2. The lowest BCUT2D eigenvalue weighted by Gasteiger charge is -2.32. The van der Waals surface area contributed by atoms with Gasteiger partial charge < -0.3 is 14.2 Å². The van der Waals surface area contributed by atoms with Gasteiger partial charge in [-0.25, -0.2) is 17.2 Å². The van der Waals surface area contributed by atoms with Gasteiger partial charge in [-0.2, -0.15) is 18.2 Å². The van der Waals surface area contributed by atoms with Crippen LogP contribution in [0.2, 0.25) is 0 Å². The van der Waals surface area contributed by atoms with E-state index in [0.717, 1.165) is 19.2 Å². The Morgan fingerprint density at radius 1 is 1.29 bits per heavy atom. The number of anilines is 1. The summed E-state index contributed by atoms with van der Waals surface area (Å²) in [5, 5.41) is 4.01. The number of aromatic nitrogens is 2. The summed E-state index contributed by atoms with van der Waals surface area (Å²) in [6.45, 7) is 1.55. The minimum absolute atomic E-state index is 0.0514. The molecule has 1 saturated heterocycles. The normalized spacial score (nSPS) is 27.3. The van der Waals surface area contributed by atoms with Gasteiger partial charge in [-0.1, -0.05) is 5.16 Å². The van der Waals surface area contributed by atoms with Crippen LogP contribution in [0.1, 0.15) is 43.8 Å². The first-order chi connectivity index (χ1) is 15.7. The van der Waals surface area contributed by atoms with Crippen molar-refractivity contribution in [2.24, 2.45) is 5.92 Å². The van der Waals surface area contributed by atoms with E-state index in [1.807, 2.05) is 0 Å². The average molecular weight is 506 g/mol. The number of sulfone groups is 1. The van der Waals surface area contributed by atoms with Gasteiger partial charge in [0, 0.05) is 44.2 Å². The number of rotatable bonds is 6. The number of fused-ring (bicyclic) bond motifs is 1. The Balaban J connectivity index is 1.41. The number of alkyl halides is 5. The molecule has 3 fully saturated rings. The molecule has 0 bridgehead atoms. The van der Waals surface area contributed by atoms with E-state index in [4.69, 9.17) is 9.26 Å². The molecule has 7 nitrogen and oxygen atoms in total. The highest BCUT2D eigenvalue weighted by atomic mass is 32.2. The number of nitrogens with zero attached hydrogens (tertiary/aromatic N) is 3. The van der Waals surface area contributed by atoms with Gasteiger partial charge in [-0.05, 0) is 31.4 Å². The van der Waals surface area contributed by atoms with E-state index in [-0.39, 0.29) is 47.5 Å². The zero-order valence-electron chi connectivity index (χ0n) is 18.2. The van der Waals surface area contributed by atoms with Crippen molar-refractivity contribution in [2.75, 3.05) is 24.2 Å². The molecule has 3 atom stereocenters. The van der Waals surface area contributed by atoms with Crippen LogP contribution in [0, 0.1) is 12.0 Å². The number of halogens is 5. The zero-order valence-corrected chi connectivity index (χ0v) is 19.0. The number of benzene rings is 1. The molecular formula is C21H21F5N3O4S. The highest BCUT2D eigenvalue weighted by molar-refractivity contribution is 7.90. The third-order valence-electron chi connectivity index (χ3n) is 6.85. The summed E-state index contributed by atoms with van der Waals surface area (Å²) >= 11 is 0. The molecule has 5 rings (SSSR count). The molecule has 2 saturated carbocycles. The minimum atomic E-state index is -4.62. The molecule has 13 heteroatoms. The van der Waals surface area contributed by atoms with Gasteiger partial charge in [0.2, 0.25) is 11.8 Å². The monoisotopic (exact) mass is 506 g/mol. The first-order valence-corrected chi connectivity index (χ1v) is 12.5. The van der Waals surface area contributed by atoms with Crippen molar-refractivity contribution in [2.45, 2.75) is 60.6 Å². The fourth-order valence-corrected chi connectivity index (χ4v) is 5.29. The predicted octanol–water partition coefficient (Wildman–Crippen LogP) is 3.89. The van der Waals surface area contributed by atoms with Gasteiger partial charge in [-0.15, -0.1) is 0 Å². The van der Waals surface area contributed by atoms with Crippen molar-refractivity contribution in [3.8, 4) is 5.75 Å². The summed E-state index contributed by atoms with van der Waals surface area (Å²) in [7, 11) is -3.65. The van der Waals surface area contributed by atoms with E-state index in [0.29, 0.717) is 18.8 Å². The maximum Gasteiger partial charge on any atom is 0.425 e. The van der Waals surface area contributed by atoms with E-state index in [1.165, 1.54) is 6.07 Å². The van der Waals surface area contributed by atoms with Crippen molar-refractivity contribution in [1.29, 1.82) is 0 Å². The number of hydrogen-bond acceptors (Lipinski definition) is 7. The van der Waals surface area contributed by atoms with Crippen LogP contribution in [-0.4, -0.2) is 56.1 Å². The van der Waals surface area contributed by atoms with E-state index in [2.05, 4.69) is 16.2 Å². The van der Waals surface area contributed by atoms with Crippen LogP contribution in [0.5, 0.6) is 5.75 Å². The van der Waals surface area contributed by atoms with E-state index in [1.54, 1.807) is 4.90 Å². The molecule has 1 radical (unpaired) electrons. The zero-order chi connectivity index (χ0) is 24.7. The van der Waals surface area contributed by atoms with E-state index < -0.39 is 39.4 Å². The molecule has 185 valence electrons. The van der Waals surface area contributed by atoms with Gasteiger partial charge in [0.1, 0.15) is 0 Å². The van der Waals surface area contributed by atoms with Gasteiger partial charge in [0.15, 0.2) is 27.5 Å². The Hall–Kier alpha value is -2.44. The molecule has 2 heterocycles. The Morgan fingerprint density at radius 3 is 2.62 bits per heavy atom. The second-order valence-electron chi connectivity index (χ2n) is 9.48. The summed E-state index contributed by atoms with van der Waals surface area (Å²) in [6.07, 6.45) is -5.74. The van der Waals surface area contributed by atoms with Crippen molar-refractivity contribution in [3.63, 3.8) is 0 Å². The predicted molar refractivity (Wildman–Crippen MR) is 108 cm³/mol. The first kappa shape index (κ1) is 23.3. The van der Waals surface area contributed by atoms with Crippen molar-refractivity contribution in [3.05, 3.63) is 29.9 Å². The summed E-state index contributed by atoms with van der Waals surface area (Å²) in [5.74, 6) is -2.84. The molecular weight excluding hydrogens is 485 g/mol. The minimum Gasteiger partial charge on any atom is -0.478 e. The molecule has 1 aromatic carbocycles. The standard InChI is InChI=1S/C21H21F5N3O4S/c1-11(21(24,25)26)32-16-4-3-14(34(2,30)31)5-15(16)29-9-13-8-19(13,10-29)18-27-17(33-28-18)12-6-20(22,23)7-12/h3,5,11-13H,6-10H2,1-2H3. The van der Waals surface area contributed by atoms with E-state index >= 15 is 0 Å². The Morgan fingerprint density at radius 2 is 2.00 bits per heavy atom. The summed E-state index contributed by atoms with van der Waals surface area (Å²) in [6, 6.07) is 4.92. The molecule has 0 amide bonds. The summed E-state index contributed by atoms with van der Waals surface area (Å²) < 4.78 is 100. The van der Waals surface area contributed by atoms with Crippen LogP contribution in [0.25, 0.3) is 0 Å². The Labute approximate surface area is 192 Å². The van der Waals surface area contributed by atoms with Crippen LogP contribution in [0.3, 0.4) is 0 Å². The molecule has 3 unspecified atom stereocenters. The first-order valence-electron chi connectivity index (χ1n) is 10.6. The van der Waals surface area contributed by atoms with Crippen LogP contribution in [0.15, 0.2) is 21.6 Å². The largest absolute Gasteiger partial charge is 0.478 e. The average Bonchev–Trinajstić information content (AvgIpc) is 3.06. The molecule has 2 aromatic rings. The maximum absolute atomic E-state index is 13.2. The fourth-order valence-electron chi connectivity index (χ4n) is 4.69. The molecule has 1 aliphatic heterocycles. The third-order valence-corrected chi connectivity index (χ3v) is 7.95. The second kappa shape index (κ2) is 7.28. The molecule has 1 aromatic heterocycles. The van der Waals surface area contributed by atoms with Gasteiger partial charge in [0.05, 0.1) is 16.0 Å². The third kappa shape index (κ3) is 4.01. The van der Waals surface area contributed by atoms with Gasteiger partial charge >= 0.3 is 6.18 Å². The lowest BCUT2D eigenvalue weighted by molar-refractivity contribution is -0.189. The lowest BCUT2D eigenvalue weighted by atomic mass is 9.81. The molecule has 2 aliphatic carbocycles. The number of piperidine rings is 1. The van der Waals surface area contributed by atoms with Crippen LogP contribution in [0.4, 0.5) is 27.6 Å². The van der Waals surface area contributed by atoms with Crippen molar-refractivity contribution >= 4 is 15.5 Å². The number of ether oxygens (including phenoxy) is 1. The quantitative estimate of drug-likeness (QED) is 0.550. The Bertz CT molecular complexity index is 1220. The van der Waals surface area contributed by atoms with Gasteiger partial charge in [-0.3, -0.25) is 0 Å². The van der Waals surface area contributed by atoms with Crippen LogP contribution >= 0.6 is 0 Å². The highest BCUT2D eigenvalue weighted by Gasteiger charge is 2.64. The summed E-state index contributed by atoms with van der Waals surface area (Å²) in [4.78, 5) is 5.99. The lowest BCUT2D eigenvalue weighted by Crippen LogP contribution is -2.34. The Kier molecular flexibility index (Phi) is 4.99. The molecule has 3 aliphatic rings. The van der Waals surface area contributed by atoms with Crippen molar-refractivity contribution in [1.82, 2.24) is 10.1 Å². The summed E-state index contributed by atoms with van der Waals surface area (Å²) in [5.41, 5.74) is -0.366. The van der Waals surface area contributed by atoms with Crippen molar-refractivity contribution < 1.29 is 39.6 Å². The smallest absolute Gasteiger partial charge is 0.425 e. The molecule has 34 heavy (non-hydrogen) atoms. The van der Waals surface area contributed by atoms with E-state index in [9.17, 15) is 30.4 Å². The second-order valence-corrected chi connectivity index (χ2v) is 11.5. The fraction of sp³-hybridized carbons (Fsp3) is 0.619. The SMILES string of the molecule is CC(Oc1[c]cc(S(C)(=O)=O)cc1N1CC2CC2(c2noc(C3CC(F)(F)C3)n2)C1)C(F)(F)F. The van der Waals surface area contributed by atoms with Gasteiger partial charge in [0.25, 0.3) is 0 Å². The molecule has 0 spiro atoms. The van der Waals surface area contributed by atoms with Crippen LogP contribution in [-0.2, 0) is 15.3 Å². The highest BCUT2D eigenvalue weighted by Crippen LogP contribution is 2.60. The van der Waals surface area contributed by atoms with Crippen LogP contribution < -0.4 is 9.64 Å². The molecule has 0 N–H and O–H groups in total. The topological polar surface area (TPSA) is 85.5 Å². The number of hydrogen-bond donors (Lipinski definition) is 0.